The number of amides is 2. The molecule has 6 nitrogen and oxygen atoms in total. The zero-order valence-electron chi connectivity index (χ0n) is 20.2. The molecule has 2 N–H and O–H groups in total. The molecule has 178 valence electrons. The van der Waals surface area contributed by atoms with Gasteiger partial charge in [0.05, 0.1) is 40.4 Å². The first-order valence-corrected chi connectivity index (χ1v) is 11.8. The highest BCUT2D eigenvalue weighted by atomic mass is 16.2. The van der Waals surface area contributed by atoms with Gasteiger partial charge in [0, 0.05) is 0 Å². The molecule has 0 radical (unpaired) electrons. The summed E-state index contributed by atoms with van der Waals surface area (Å²) in [6.07, 6.45) is 0.208. The molecule has 2 amide bonds. The minimum atomic E-state index is -0.310. The van der Waals surface area contributed by atoms with Gasteiger partial charge in [-0.05, 0) is 54.4 Å². The van der Waals surface area contributed by atoms with Gasteiger partial charge < -0.3 is 10.6 Å². The van der Waals surface area contributed by atoms with E-state index in [1.165, 1.54) is 0 Å². The molecular formula is C30H26N4O2. The lowest BCUT2D eigenvalue weighted by Gasteiger charge is -2.13. The lowest BCUT2D eigenvalue weighted by molar-refractivity contribution is -0.115. The zero-order valence-corrected chi connectivity index (χ0v) is 20.2. The summed E-state index contributed by atoms with van der Waals surface area (Å²) in [4.78, 5) is 26.3. The number of carbonyl (C=O) groups is 2. The quantitative estimate of drug-likeness (QED) is 0.313. The highest BCUT2D eigenvalue weighted by Crippen LogP contribution is 2.25. The molecule has 36 heavy (non-hydrogen) atoms. The van der Waals surface area contributed by atoms with Crippen molar-refractivity contribution >= 4 is 34.0 Å². The Labute approximate surface area is 209 Å². The summed E-state index contributed by atoms with van der Waals surface area (Å²) < 4.78 is 1.81. The fourth-order valence-corrected chi connectivity index (χ4v) is 4.43. The summed E-state index contributed by atoms with van der Waals surface area (Å²) >= 11 is 0. The van der Waals surface area contributed by atoms with Crippen LogP contribution >= 0.6 is 0 Å². The van der Waals surface area contributed by atoms with E-state index >= 15 is 0 Å². The van der Waals surface area contributed by atoms with Crippen molar-refractivity contribution in [3.63, 3.8) is 0 Å². The number of benzene rings is 4. The third-order valence-corrected chi connectivity index (χ3v) is 6.21. The molecule has 0 saturated carbocycles. The van der Waals surface area contributed by atoms with Gasteiger partial charge in [-0.25, -0.2) is 4.68 Å². The van der Waals surface area contributed by atoms with Crippen molar-refractivity contribution in [2.24, 2.45) is 0 Å². The van der Waals surface area contributed by atoms with Crippen molar-refractivity contribution < 1.29 is 9.59 Å². The Bertz CT molecular complexity index is 1570. The van der Waals surface area contributed by atoms with Crippen LogP contribution in [0.4, 0.5) is 11.4 Å². The molecule has 5 rings (SSSR count). The monoisotopic (exact) mass is 474 g/mol. The lowest BCUT2D eigenvalue weighted by atomic mass is 10.0. The van der Waals surface area contributed by atoms with E-state index < -0.39 is 0 Å². The number of para-hydroxylation sites is 2. The van der Waals surface area contributed by atoms with E-state index in [1.807, 2.05) is 91.3 Å². The van der Waals surface area contributed by atoms with Crippen molar-refractivity contribution in [3.8, 4) is 5.69 Å². The molecule has 0 aliphatic rings. The second-order valence-electron chi connectivity index (χ2n) is 8.66. The van der Waals surface area contributed by atoms with Crippen LogP contribution < -0.4 is 10.6 Å². The maximum absolute atomic E-state index is 13.3. The summed E-state index contributed by atoms with van der Waals surface area (Å²) in [6, 6.07) is 30.7. The first kappa shape index (κ1) is 23.1. The molecule has 0 atom stereocenters. The first-order chi connectivity index (χ1) is 17.5. The van der Waals surface area contributed by atoms with E-state index in [0.717, 1.165) is 27.7 Å². The number of aromatic nitrogens is 2. The second kappa shape index (κ2) is 9.88. The predicted octanol–water partition coefficient (Wildman–Crippen LogP) is 6.08. The number of nitrogens with zero attached hydrogens (tertiary/aromatic N) is 2. The number of nitrogens with one attached hydrogen (secondary N) is 2. The smallest absolute Gasteiger partial charge is 0.257 e. The highest BCUT2D eigenvalue weighted by Gasteiger charge is 2.19. The van der Waals surface area contributed by atoms with Gasteiger partial charge in [-0.1, -0.05) is 72.8 Å². The molecule has 4 aromatic carbocycles. The summed E-state index contributed by atoms with van der Waals surface area (Å²) in [6.45, 7) is 3.78. The zero-order chi connectivity index (χ0) is 25.1. The number of carbonyl (C=O) groups excluding carboxylic acids is 2. The Hall–Kier alpha value is -4.71. The normalized spacial score (nSPS) is 10.8. The van der Waals surface area contributed by atoms with Crippen molar-refractivity contribution in [1.29, 1.82) is 0 Å². The molecule has 6 heteroatoms. The van der Waals surface area contributed by atoms with Gasteiger partial charge in [0.15, 0.2) is 0 Å². The molecule has 0 spiro atoms. The summed E-state index contributed by atoms with van der Waals surface area (Å²) in [5.74, 6) is -0.495. The molecule has 1 aromatic heterocycles. The largest absolute Gasteiger partial charge is 0.325 e. The van der Waals surface area contributed by atoms with Crippen LogP contribution in [0, 0.1) is 13.8 Å². The van der Waals surface area contributed by atoms with E-state index in [0.29, 0.717) is 22.6 Å². The van der Waals surface area contributed by atoms with Crippen LogP contribution in [0.15, 0.2) is 97.1 Å². The molecule has 0 aliphatic carbocycles. The average molecular weight is 475 g/mol. The Morgan fingerprint density at radius 1 is 0.778 bits per heavy atom. The van der Waals surface area contributed by atoms with Crippen molar-refractivity contribution in [2.45, 2.75) is 20.3 Å². The van der Waals surface area contributed by atoms with Crippen molar-refractivity contribution in [3.05, 3.63) is 120 Å². The molecule has 1 heterocycles. The van der Waals surface area contributed by atoms with Gasteiger partial charge in [0.2, 0.25) is 5.91 Å². The summed E-state index contributed by atoms with van der Waals surface area (Å²) in [5, 5.41) is 12.7. The van der Waals surface area contributed by atoms with Crippen LogP contribution in [0.2, 0.25) is 0 Å². The van der Waals surface area contributed by atoms with E-state index in [9.17, 15) is 9.59 Å². The number of aryl methyl sites for hydroxylation is 1. The Morgan fingerprint density at radius 3 is 2.31 bits per heavy atom. The SMILES string of the molecule is Cc1nn(-c2ccccc2)c(C)c1NC(=O)c1ccccc1NC(=O)Cc1cccc2ccccc12. The lowest BCUT2D eigenvalue weighted by Crippen LogP contribution is -2.20. The van der Waals surface area contributed by atoms with Crippen LogP contribution in [-0.4, -0.2) is 21.6 Å². The van der Waals surface area contributed by atoms with Crippen LogP contribution in [0.3, 0.4) is 0 Å². The topological polar surface area (TPSA) is 76.0 Å². The van der Waals surface area contributed by atoms with Crippen LogP contribution in [0.5, 0.6) is 0 Å². The van der Waals surface area contributed by atoms with Crippen molar-refractivity contribution in [1.82, 2.24) is 9.78 Å². The van der Waals surface area contributed by atoms with Gasteiger partial charge in [-0.15, -0.1) is 0 Å². The van der Waals surface area contributed by atoms with Gasteiger partial charge >= 0.3 is 0 Å². The van der Waals surface area contributed by atoms with E-state index in [2.05, 4.69) is 15.7 Å². The average Bonchev–Trinajstić information content (AvgIpc) is 3.18. The minimum absolute atomic E-state index is 0.184. The maximum Gasteiger partial charge on any atom is 0.257 e. The van der Waals surface area contributed by atoms with Gasteiger partial charge in [0.25, 0.3) is 5.91 Å². The number of rotatable bonds is 6. The standard InChI is InChI=1S/C30H26N4O2/c1-20-29(21(2)34(33-20)24-14-4-3-5-15-24)32-30(36)26-17-8-9-18-27(26)31-28(35)19-23-13-10-12-22-11-6-7-16-25(22)23/h3-18H,19H2,1-2H3,(H,31,35)(H,32,36). The Kier molecular flexibility index (Phi) is 6.33. The highest BCUT2D eigenvalue weighted by molar-refractivity contribution is 6.10. The van der Waals surface area contributed by atoms with Gasteiger partial charge in [-0.2, -0.15) is 5.10 Å². The molecule has 0 bridgehead atoms. The second-order valence-corrected chi connectivity index (χ2v) is 8.66. The van der Waals surface area contributed by atoms with Crippen molar-refractivity contribution in [2.75, 3.05) is 10.6 Å². The maximum atomic E-state index is 13.3. The summed E-state index contributed by atoms with van der Waals surface area (Å²) in [7, 11) is 0. The number of fused-ring (bicyclic) bond motifs is 1. The first-order valence-electron chi connectivity index (χ1n) is 11.8. The molecule has 0 aliphatic heterocycles. The Morgan fingerprint density at radius 2 is 1.47 bits per heavy atom. The molecule has 5 aromatic rings. The number of hydrogen-bond acceptors (Lipinski definition) is 3. The summed E-state index contributed by atoms with van der Waals surface area (Å²) in [5.41, 5.74) is 4.89. The number of anilines is 2. The van der Waals surface area contributed by atoms with Crippen LogP contribution in [0.1, 0.15) is 27.3 Å². The third-order valence-electron chi connectivity index (χ3n) is 6.21. The molecular weight excluding hydrogens is 448 g/mol. The van der Waals surface area contributed by atoms with Gasteiger partial charge in [-0.3, -0.25) is 9.59 Å². The van der Waals surface area contributed by atoms with Crippen LogP contribution in [-0.2, 0) is 11.2 Å². The van der Waals surface area contributed by atoms with E-state index in [-0.39, 0.29) is 18.2 Å². The fourth-order valence-electron chi connectivity index (χ4n) is 4.43. The Balaban J connectivity index is 1.36. The minimum Gasteiger partial charge on any atom is -0.325 e. The fraction of sp³-hybridized carbons (Fsp3) is 0.100. The molecule has 0 fully saturated rings. The van der Waals surface area contributed by atoms with E-state index in [4.69, 9.17) is 0 Å². The molecule has 0 saturated heterocycles. The number of hydrogen-bond donors (Lipinski definition) is 2. The van der Waals surface area contributed by atoms with Crippen LogP contribution in [0.25, 0.3) is 16.5 Å². The molecule has 0 unspecified atom stereocenters. The van der Waals surface area contributed by atoms with Gasteiger partial charge in [0.1, 0.15) is 0 Å². The predicted molar refractivity (Wildman–Crippen MR) is 144 cm³/mol. The third kappa shape index (κ3) is 4.61. The van der Waals surface area contributed by atoms with E-state index in [1.54, 1.807) is 24.3 Å².